The van der Waals surface area contributed by atoms with Crippen LogP contribution in [0.25, 0.3) is 0 Å². The molecular weight excluding hydrogens is 389 g/mol. The molecule has 7 nitrogen and oxygen atoms in total. The highest BCUT2D eigenvalue weighted by atomic mass is 35.5. The fourth-order valence-electron chi connectivity index (χ4n) is 4.72. The van der Waals surface area contributed by atoms with Crippen LogP contribution in [0.5, 0.6) is 0 Å². The number of hydrogen-bond acceptors (Lipinski definition) is 6. The van der Waals surface area contributed by atoms with Crippen molar-refractivity contribution in [1.29, 1.82) is 0 Å². The Hall–Kier alpha value is -0.890. The molecule has 0 aliphatic carbocycles. The van der Waals surface area contributed by atoms with Gasteiger partial charge in [-0.3, -0.25) is 9.69 Å². The Morgan fingerprint density at radius 2 is 1.81 bits per heavy atom. The first-order valence-corrected chi connectivity index (χ1v) is 9.66. The van der Waals surface area contributed by atoms with Crippen molar-refractivity contribution in [2.24, 2.45) is 5.92 Å². The fourth-order valence-corrected chi connectivity index (χ4v) is 4.72. The lowest BCUT2D eigenvalue weighted by atomic mass is 9.89. The van der Waals surface area contributed by atoms with Crippen molar-refractivity contribution in [3.05, 3.63) is 11.7 Å². The number of carbonyl (C=O) groups excluding carboxylic acids is 1. The molecule has 3 unspecified atom stereocenters. The van der Waals surface area contributed by atoms with E-state index < -0.39 is 0 Å². The van der Waals surface area contributed by atoms with Crippen LogP contribution in [0.4, 0.5) is 0 Å². The summed E-state index contributed by atoms with van der Waals surface area (Å²) in [6.45, 7) is 7.26. The molecule has 1 aromatic rings. The van der Waals surface area contributed by atoms with Crippen molar-refractivity contribution in [3.63, 3.8) is 0 Å². The molecule has 154 valence electrons. The molecule has 3 saturated heterocycles. The van der Waals surface area contributed by atoms with Gasteiger partial charge < -0.3 is 14.7 Å². The number of piperidine rings is 1. The molecule has 1 amide bonds. The number of halogens is 2. The predicted octanol–water partition coefficient (Wildman–Crippen LogP) is 2.35. The van der Waals surface area contributed by atoms with E-state index in [1.807, 2.05) is 11.8 Å². The molecule has 3 fully saturated rings. The largest absolute Gasteiger partial charge is 0.340 e. The Balaban J connectivity index is 0.00000131. The lowest BCUT2D eigenvalue weighted by molar-refractivity contribution is -0.134. The Labute approximate surface area is 173 Å². The predicted molar refractivity (Wildman–Crippen MR) is 107 cm³/mol. The number of hydrogen-bond donors (Lipinski definition) is 1. The molecule has 27 heavy (non-hydrogen) atoms. The number of amides is 1. The van der Waals surface area contributed by atoms with E-state index in [1.165, 1.54) is 25.7 Å². The van der Waals surface area contributed by atoms with Gasteiger partial charge in [0.25, 0.3) is 0 Å². The maximum Gasteiger partial charge on any atom is 0.243 e. The molecule has 0 saturated carbocycles. The van der Waals surface area contributed by atoms with Gasteiger partial charge in [0.1, 0.15) is 0 Å². The van der Waals surface area contributed by atoms with E-state index in [9.17, 15) is 4.79 Å². The molecule has 4 rings (SSSR count). The number of piperazine rings is 1. The van der Waals surface area contributed by atoms with E-state index in [-0.39, 0.29) is 30.9 Å². The number of rotatable bonds is 4. The van der Waals surface area contributed by atoms with E-state index >= 15 is 0 Å². The van der Waals surface area contributed by atoms with Crippen LogP contribution in [0, 0.1) is 12.8 Å². The summed E-state index contributed by atoms with van der Waals surface area (Å²) in [5, 5.41) is 7.53. The summed E-state index contributed by atoms with van der Waals surface area (Å²) in [5.74, 6) is 2.26. The fraction of sp³-hybridized carbons (Fsp3) is 0.833. The molecule has 3 atom stereocenters. The van der Waals surface area contributed by atoms with Gasteiger partial charge in [-0.1, -0.05) is 5.16 Å². The summed E-state index contributed by atoms with van der Waals surface area (Å²) >= 11 is 0. The quantitative estimate of drug-likeness (QED) is 0.806. The topological polar surface area (TPSA) is 74.5 Å². The van der Waals surface area contributed by atoms with E-state index in [0.717, 1.165) is 32.6 Å². The second-order valence-corrected chi connectivity index (χ2v) is 7.95. The highest BCUT2D eigenvalue weighted by Gasteiger charge is 2.35. The molecule has 3 aliphatic heterocycles. The molecule has 9 heteroatoms. The molecule has 4 heterocycles. The monoisotopic (exact) mass is 419 g/mol. The van der Waals surface area contributed by atoms with Crippen LogP contribution in [-0.2, 0) is 4.79 Å². The zero-order valence-corrected chi connectivity index (χ0v) is 17.7. The minimum Gasteiger partial charge on any atom is -0.340 e. The second kappa shape index (κ2) is 9.54. The van der Waals surface area contributed by atoms with Gasteiger partial charge in [-0.05, 0) is 45.4 Å². The molecule has 1 N–H and O–H groups in total. The number of aryl methyl sites for hydroxylation is 1. The van der Waals surface area contributed by atoms with Crippen molar-refractivity contribution < 1.29 is 9.32 Å². The minimum atomic E-state index is 0. The molecule has 0 spiro atoms. The van der Waals surface area contributed by atoms with E-state index in [4.69, 9.17) is 4.52 Å². The highest BCUT2D eigenvalue weighted by molar-refractivity contribution is 5.85. The lowest BCUT2D eigenvalue weighted by Crippen LogP contribution is -2.50. The molecule has 1 aromatic heterocycles. The van der Waals surface area contributed by atoms with Gasteiger partial charge in [0, 0.05) is 44.7 Å². The summed E-state index contributed by atoms with van der Waals surface area (Å²) in [5.41, 5.74) is 0. The van der Waals surface area contributed by atoms with Gasteiger partial charge in [0.05, 0.1) is 6.04 Å². The van der Waals surface area contributed by atoms with E-state index in [0.29, 0.717) is 35.6 Å². The minimum absolute atomic E-state index is 0. The normalized spacial score (nSPS) is 29.0. The number of nitrogens with one attached hydrogen (secondary N) is 1. The zero-order valence-electron chi connectivity index (χ0n) is 16.1. The average Bonchev–Trinajstić information content (AvgIpc) is 3.19. The van der Waals surface area contributed by atoms with Gasteiger partial charge in [-0.25, -0.2) is 0 Å². The van der Waals surface area contributed by atoms with Crippen LogP contribution in [0.3, 0.4) is 0 Å². The van der Waals surface area contributed by atoms with Gasteiger partial charge in [0.2, 0.25) is 11.8 Å². The molecule has 0 aromatic carbocycles. The SMILES string of the molecule is Cc1noc(C(C)N2CCN(C(=O)CC3CC4CCC(C3)N4)CC2)n1.Cl.Cl. The Kier molecular flexibility index (Phi) is 7.92. The van der Waals surface area contributed by atoms with Crippen LogP contribution in [0.2, 0.25) is 0 Å². The Morgan fingerprint density at radius 1 is 1.19 bits per heavy atom. The second-order valence-electron chi connectivity index (χ2n) is 7.95. The number of nitrogens with zero attached hydrogens (tertiary/aromatic N) is 4. The first-order valence-electron chi connectivity index (χ1n) is 9.66. The first-order chi connectivity index (χ1) is 12.1. The Bertz CT molecular complexity index is 609. The van der Waals surface area contributed by atoms with Crippen LogP contribution < -0.4 is 5.32 Å². The van der Waals surface area contributed by atoms with Crippen LogP contribution >= 0.6 is 24.8 Å². The first kappa shape index (κ1) is 22.4. The summed E-state index contributed by atoms with van der Waals surface area (Å²) < 4.78 is 5.29. The van der Waals surface area contributed by atoms with E-state index in [1.54, 1.807) is 0 Å². The summed E-state index contributed by atoms with van der Waals surface area (Å²) in [6, 6.07) is 1.43. The standard InChI is InChI=1S/C18H29N5O2.2ClH/c1-12(18-19-13(2)21-25-18)22-5-7-23(8-6-22)17(24)11-14-9-15-3-4-16(10-14)20-15;;/h12,14-16,20H,3-11H2,1-2H3;2*1H. The zero-order chi connectivity index (χ0) is 17.4. The van der Waals surface area contributed by atoms with Crippen molar-refractivity contribution >= 4 is 30.7 Å². The highest BCUT2D eigenvalue weighted by Crippen LogP contribution is 2.33. The van der Waals surface area contributed by atoms with Crippen LogP contribution in [0.1, 0.15) is 56.8 Å². The summed E-state index contributed by atoms with van der Waals surface area (Å²) in [6.07, 6.45) is 5.67. The maximum atomic E-state index is 12.7. The van der Waals surface area contributed by atoms with Crippen molar-refractivity contribution in [1.82, 2.24) is 25.3 Å². The van der Waals surface area contributed by atoms with Crippen LogP contribution in [-0.4, -0.2) is 64.1 Å². The van der Waals surface area contributed by atoms with E-state index in [2.05, 4.69) is 27.3 Å². The Morgan fingerprint density at radius 3 is 2.37 bits per heavy atom. The molecular formula is C18H31Cl2N5O2. The maximum absolute atomic E-state index is 12.7. The number of carbonyl (C=O) groups is 1. The van der Waals surface area contributed by atoms with Crippen LogP contribution in [0.15, 0.2) is 4.52 Å². The third-order valence-corrected chi connectivity index (χ3v) is 6.15. The number of aromatic nitrogens is 2. The third-order valence-electron chi connectivity index (χ3n) is 6.15. The third kappa shape index (κ3) is 5.13. The lowest BCUT2D eigenvalue weighted by Gasteiger charge is -2.38. The molecule has 3 aliphatic rings. The van der Waals surface area contributed by atoms with Crippen molar-refractivity contribution in [3.8, 4) is 0 Å². The van der Waals surface area contributed by atoms with Gasteiger partial charge in [-0.2, -0.15) is 4.98 Å². The smallest absolute Gasteiger partial charge is 0.243 e. The average molecular weight is 420 g/mol. The number of fused-ring (bicyclic) bond motifs is 2. The molecule has 2 bridgehead atoms. The van der Waals surface area contributed by atoms with Gasteiger partial charge in [-0.15, -0.1) is 24.8 Å². The van der Waals surface area contributed by atoms with Gasteiger partial charge >= 0.3 is 0 Å². The van der Waals surface area contributed by atoms with Gasteiger partial charge in [0.15, 0.2) is 5.82 Å². The summed E-state index contributed by atoms with van der Waals surface area (Å²) in [7, 11) is 0. The van der Waals surface area contributed by atoms with Crippen molar-refractivity contribution in [2.45, 2.75) is 64.1 Å². The molecule has 0 radical (unpaired) electrons. The van der Waals surface area contributed by atoms with Crippen molar-refractivity contribution in [2.75, 3.05) is 26.2 Å². The summed E-state index contributed by atoms with van der Waals surface area (Å²) in [4.78, 5) is 21.4.